The fourth-order valence-corrected chi connectivity index (χ4v) is 2.24. The molecule has 1 saturated heterocycles. The minimum absolute atomic E-state index is 0.353. The van der Waals surface area contributed by atoms with Crippen molar-refractivity contribution < 1.29 is 0 Å². The molecule has 2 N–H and O–H groups in total. The van der Waals surface area contributed by atoms with Crippen LogP contribution in [0.25, 0.3) is 0 Å². The summed E-state index contributed by atoms with van der Waals surface area (Å²) in [5.41, 5.74) is 6.19. The van der Waals surface area contributed by atoms with Crippen LogP contribution in [0.4, 0.5) is 11.6 Å². The summed E-state index contributed by atoms with van der Waals surface area (Å²) in [6.07, 6.45) is 4.55. The summed E-state index contributed by atoms with van der Waals surface area (Å²) in [5.74, 6) is 2.08. The lowest BCUT2D eigenvalue weighted by atomic mass is 9.80. The van der Waals surface area contributed by atoms with Crippen LogP contribution in [0, 0.1) is 11.3 Å². The molecule has 1 unspecified atom stereocenters. The number of nitrogens with zero attached hydrogens (tertiary/aromatic N) is 3. The van der Waals surface area contributed by atoms with Crippen molar-refractivity contribution in [3.8, 4) is 0 Å². The van der Waals surface area contributed by atoms with Crippen molar-refractivity contribution in [1.29, 1.82) is 0 Å². The SMILES string of the molecule is CC(C)(C)C1CCN(c2nccnc2N)C1. The Kier molecular flexibility index (Phi) is 2.74. The second-order valence-electron chi connectivity index (χ2n) is 5.56. The smallest absolute Gasteiger partial charge is 0.171 e. The first-order valence-electron chi connectivity index (χ1n) is 5.80. The number of aromatic nitrogens is 2. The topological polar surface area (TPSA) is 55.0 Å². The highest BCUT2D eigenvalue weighted by atomic mass is 15.2. The summed E-state index contributed by atoms with van der Waals surface area (Å²) in [6, 6.07) is 0. The zero-order valence-electron chi connectivity index (χ0n) is 10.3. The van der Waals surface area contributed by atoms with Gasteiger partial charge in [0.2, 0.25) is 0 Å². The number of anilines is 2. The van der Waals surface area contributed by atoms with Crippen LogP contribution in [-0.4, -0.2) is 23.1 Å². The van der Waals surface area contributed by atoms with Gasteiger partial charge in [-0.25, -0.2) is 9.97 Å². The van der Waals surface area contributed by atoms with E-state index in [1.807, 2.05) is 0 Å². The Labute approximate surface area is 96.9 Å². The van der Waals surface area contributed by atoms with Crippen LogP contribution in [0.5, 0.6) is 0 Å². The highest BCUT2D eigenvalue weighted by Gasteiger charge is 2.32. The van der Waals surface area contributed by atoms with Gasteiger partial charge < -0.3 is 10.6 Å². The van der Waals surface area contributed by atoms with E-state index >= 15 is 0 Å². The maximum atomic E-state index is 5.84. The van der Waals surface area contributed by atoms with E-state index in [1.54, 1.807) is 12.4 Å². The monoisotopic (exact) mass is 220 g/mol. The van der Waals surface area contributed by atoms with Crippen LogP contribution < -0.4 is 10.6 Å². The van der Waals surface area contributed by atoms with Gasteiger partial charge in [-0.05, 0) is 17.8 Å². The van der Waals surface area contributed by atoms with Crippen molar-refractivity contribution in [2.75, 3.05) is 23.7 Å². The third-order valence-electron chi connectivity index (χ3n) is 3.42. The first-order chi connectivity index (χ1) is 7.48. The standard InChI is InChI=1S/C12H20N4/c1-12(2,3)9-4-7-16(8-9)11-10(13)14-5-6-15-11/h5-6,9H,4,7-8H2,1-3H3,(H2,13,14). The van der Waals surface area contributed by atoms with Crippen LogP contribution in [0.15, 0.2) is 12.4 Å². The highest BCUT2D eigenvalue weighted by molar-refractivity contribution is 5.57. The van der Waals surface area contributed by atoms with Gasteiger partial charge in [0.1, 0.15) is 0 Å². The van der Waals surface area contributed by atoms with Crippen molar-refractivity contribution in [3.05, 3.63) is 12.4 Å². The van der Waals surface area contributed by atoms with Crippen molar-refractivity contribution in [3.63, 3.8) is 0 Å². The molecule has 16 heavy (non-hydrogen) atoms. The lowest BCUT2D eigenvalue weighted by Crippen LogP contribution is -2.27. The largest absolute Gasteiger partial charge is 0.381 e. The number of rotatable bonds is 1. The molecule has 4 nitrogen and oxygen atoms in total. The fraction of sp³-hybridized carbons (Fsp3) is 0.667. The minimum atomic E-state index is 0.353. The van der Waals surface area contributed by atoms with Crippen LogP contribution in [0.1, 0.15) is 27.2 Å². The third kappa shape index (κ3) is 2.10. The lowest BCUT2D eigenvalue weighted by Gasteiger charge is -2.27. The molecule has 1 atom stereocenters. The fourth-order valence-electron chi connectivity index (χ4n) is 2.24. The van der Waals surface area contributed by atoms with Gasteiger partial charge in [-0.3, -0.25) is 0 Å². The second-order valence-corrected chi connectivity index (χ2v) is 5.56. The molecule has 0 aromatic carbocycles. The van der Waals surface area contributed by atoms with Gasteiger partial charge in [0.25, 0.3) is 0 Å². The van der Waals surface area contributed by atoms with E-state index in [0.29, 0.717) is 17.2 Å². The van der Waals surface area contributed by atoms with Gasteiger partial charge in [-0.2, -0.15) is 0 Å². The molecule has 88 valence electrons. The van der Waals surface area contributed by atoms with Gasteiger partial charge in [-0.1, -0.05) is 20.8 Å². The third-order valence-corrected chi connectivity index (χ3v) is 3.42. The molecule has 1 aliphatic heterocycles. The van der Waals surface area contributed by atoms with Gasteiger partial charge in [-0.15, -0.1) is 0 Å². The summed E-state index contributed by atoms with van der Waals surface area (Å²) >= 11 is 0. The molecule has 2 rings (SSSR count). The first-order valence-corrected chi connectivity index (χ1v) is 5.80. The predicted molar refractivity (Wildman–Crippen MR) is 66.2 cm³/mol. The van der Waals surface area contributed by atoms with E-state index in [2.05, 4.69) is 35.6 Å². The maximum Gasteiger partial charge on any atom is 0.171 e. The molecule has 2 heterocycles. The van der Waals surface area contributed by atoms with Crippen LogP contribution in [0.2, 0.25) is 0 Å². The lowest BCUT2D eigenvalue weighted by molar-refractivity contribution is 0.263. The van der Waals surface area contributed by atoms with Crippen molar-refractivity contribution in [1.82, 2.24) is 9.97 Å². The summed E-state index contributed by atoms with van der Waals surface area (Å²) in [4.78, 5) is 10.6. The number of nitrogen functional groups attached to an aromatic ring is 1. The van der Waals surface area contributed by atoms with Crippen LogP contribution >= 0.6 is 0 Å². The van der Waals surface area contributed by atoms with E-state index in [4.69, 9.17) is 5.73 Å². The molecular formula is C12H20N4. The first kappa shape index (κ1) is 11.2. The zero-order chi connectivity index (χ0) is 11.8. The summed E-state index contributed by atoms with van der Waals surface area (Å²) in [7, 11) is 0. The number of hydrogen-bond donors (Lipinski definition) is 1. The van der Waals surface area contributed by atoms with E-state index < -0.39 is 0 Å². The quantitative estimate of drug-likeness (QED) is 0.785. The van der Waals surface area contributed by atoms with E-state index in [0.717, 1.165) is 18.9 Å². The Morgan fingerprint density at radius 2 is 2.00 bits per heavy atom. The zero-order valence-corrected chi connectivity index (χ0v) is 10.3. The normalized spacial score (nSPS) is 21.4. The van der Waals surface area contributed by atoms with Crippen molar-refractivity contribution in [2.45, 2.75) is 27.2 Å². The summed E-state index contributed by atoms with van der Waals surface area (Å²) < 4.78 is 0. The Hall–Kier alpha value is -1.32. The van der Waals surface area contributed by atoms with Gasteiger partial charge in [0.05, 0.1) is 0 Å². The minimum Gasteiger partial charge on any atom is -0.381 e. The average molecular weight is 220 g/mol. The van der Waals surface area contributed by atoms with Gasteiger partial charge in [0, 0.05) is 25.5 Å². The number of hydrogen-bond acceptors (Lipinski definition) is 4. The molecular weight excluding hydrogens is 200 g/mol. The molecule has 0 radical (unpaired) electrons. The molecule has 1 aromatic heterocycles. The molecule has 0 spiro atoms. The summed E-state index contributed by atoms with van der Waals surface area (Å²) in [6.45, 7) is 8.95. The predicted octanol–water partition coefficient (Wildman–Crippen LogP) is 1.93. The Balaban J connectivity index is 2.13. The summed E-state index contributed by atoms with van der Waals surface area (Å²) in [5, 5.41) is 0. The van der Waals surface area contributed by atoms with E-state index in [-0.39, 0.29) is 0 Å². The highest BCUT2D eigenvalue weighted by Crippen LogP contribution is 2.35. The maximum absolute atomic E-state index is 5.84. The number of nitrogens with two attached hydrogens (primary N) is 1. The molecule has 0 amide bonds. The molecule has 0 bridgehead atoms. The van der Waals surface area contributed by atoms with Gasteiger partial charge >= 0.3 is 0 Å². The van der Waals surface area contributed by atoms with Gasteiger partial charge in [0.15, 0.2) is 11.6 Å². The average Bonchev–Trinajstić information content (AvgIpc) is 2.66. The molecule has 0 saturated carbocycles. The van der Waals surface area contributed by atoms with E-state index in [9.17, 15) is 0 Å². The molecule has 1 aliphatic rings. The Bertz CT molecular complexity index is 370. The Morgan fingerprint density at radius 1 is 1.31 bits per heavy atom. The van der Waals surface area contributed by atoms with Crippen LogP contribution in [0.3, 0.4) is 0 Å². The Morgan fingerprint density at radius 3 is 2.56 bits per heavy atom. The molecule has 1 aromatic rings. The van der Waals surface area contributed by atoms with Crippen molar-refractivity contribution >= 4 is 11.6 Å². The van der Waals surface area contributed by atoms with Crippen molar-refractivity contribution in [2.24, 2.45) is 11.3 Å². The van der Waals surface area contributed by atoms with E-state index in [1.165, 1.54) is 6.42 Å². The molecule has 1 fully saturated rings. The molecule has 4 heteroatoms. The van der Waals surface area contributed by atoms with Crippen LogP contribution in [-0.2, 0) is 0 Å². The molecule has 0 aliphatic carbocycles. The second kappa shape index (κ2) is 3.92.